The van der Waals surface area contributed by atoms with Crippen LogP contribution in [0.1, 0.15) is 0 Å². The van der Waals surface area contributed by atoms with Gasteiger partial charge in [-0.15, -0.1) is 0 Å². The van der Waals surface area contributed by atoms with Gasteiger partial charge in [0.05, 0.1) is 0 Å². The highest BCUT2D eigenvalue weighted by atomic mass is 16.5. The number of ether oxygens (including phenoxy) is 1. The van der Waals surface area contributed by atoms with Gasteiger partial charge in [-0.05, 0) is 30.3 Å². The third-order valence-electron chi connectivity index (χ3n) is 1.88. The fourth-order valence-corrected chi connectivity index (χ4v) is 1.15. The SMILES string of the molecule is NNc1ccc(Oc2ccccn2)cc1. The number of nitrogens with zero attached hydrogens (tertiary/aromatic N) is 1. The number of nitrogens with one attached hydrogen (secondary N) is 1. The maximum absolute atomic E-state index is 5.50. The standard InChI is InChI=1S/C11H11N3O/c12-14-9-4-6-10(7-5-9)15-11-3-1-2-8-13-11/h1-8,14H,12H2. The van der Waals surface area contributed by atoms with Gasteiger partial charge in [0.15, 0.2) is 0 Å². The van der Waals surface area contributed by atoms with E-state index in [1.54, 1.807) is 12.3 Å². The number of hydrazine groups is 1. The monoisotopic (exact) mass is 201 g/mol. The first-order valence-corrected chi connectivity index (χ1v) is 4.54. The van der Waals surface area contributed by atoms with Gasteiger partial charge in [0.2, 0.25) is 5.88 Å². The molecule has 0 aliphatic rings. The zero-order chi connectivity index (χ0) is 10.5. The minimum Gasteiger partial charge on any atom is -0.439 e. The first kappa shape index (κ1) is 9.48. The van der Waals surface area contributed by atoms with Crippen molar-refractivity contribution >= 4 is 5.69 Å². The molecule has 0 atom stereocenters. The van der Waals surface area contributed by atoms with Crippen molar-refractivity contribution in [3.05, 3.63) is 48.7 Å². The molecule has 0 radical (unpaired) electrons. The van der Waals surface area contributed by atoms with Gasteiger partial charge in [0.1, 0.15) is 5.75 Å². The van der Waals surface area contributed by atoms with Gasteiger partial charge in [-0.2, -0.15) is 0 Å². The molecule has 0 spiro atoms. The fraction of sp³-hybridized carbons (Fsp3) is 0. The van der Waals surface area contributed by atoms with Crippen molar-refractivity contribution in [3.63, 3.8) is 0 Å². The number of hydrogen-bond donors (Lipinski definition) is 2. The van der Waals surface area contributed by atoms with E-state index in [0.29, 0.717) is 5.88 Å². The summed E-state index contributed by atoms with van der Waals surface area (Å²) in [5.41, 5.74) is 3.38. The maximum Gasteiger partial charge on any atom is 0.219 e. The zero-order valence-electron chi connectivity index (χ0n) is 8.05. The van der Waals surface area contributed by atoms with Crippen LogP contribution >= 0.6 is 0 Å². The van der Waals surface area contributed by atoms with Crippen LogP contribution in [0.15, 0.2) is 48.7 Å². The number of benzene rings is 1. The van der Waals surface area contributed by atoms with Crippen LogP contribution < -0.4 is 16.0 Å². The molecule has 0 amide bonds. The van der Waals surface area contributed by atoms with Crippen LogP contribution in [0, 0.1) is 0 Å². The van der Waals surface area contributed by atoms with Crippen molar-refractivity contribution in [2.75, 3.05) is 5.43 Å². The number of rotatable bonds is 3. The molecule has 3 N–H and O–H groups in total. The van der Waals surface area contributed by atoms with Gasteiger partial charge in [-0.1, -0.05) is 6.07 Å². The molecule has 0 saturated heterocycles. The summed E-state index contributed by atoms with van der Waals surface area (Å²) in [6, 6.07) is 12.8. The number of nitrogens with two attached hydrogens (primary N) is 1. The normalized spacial score (nSPS) is 9.67. The second-order valence-corrected chi connectivity index (χ2v) is 2.94. The van der Waals surface area contributed by atoms with Gasteiger partial charge >= 0.3 is 0 Å². The Hall–Kier alpha value is -2.07. The van der Waals surface area contributed by atoms with Crippen LogP contribution in [-0.4, -0.2) is 4.98 Å². The summed E-state index contributed by atoms with van der Waals surface area (Å²) in [6.45, 7) is 0. The Morgan fingerprint density at radius 1 is 1.07 bits per heavy atom. The second kappa shape index (κ2) is 4.43. The van der Waals surface area contributed by atoms with E-state index in [4.69, 9.17) is 10.6 Å². The van der Waals surface area contributed by atoms with Crippen LogP contribution in [0.2, 0.25) is 0 Å². The number of pyridine rings is 1. The van der Waals surface area contributed by atoms with Gasteiger partial charge in [0, 0.05) is 18.0 Å². The predicted molar refractivity (Wildman–Crippen MR) is 58.6 cm³/mol. The van der Waals surface area contributed by atoms with E-state index in [9.17, 15) is 0 Å². The molecule has 0 unspecified atom stereocenters. The van der Waals surface area contributed by atoms with Crippen molar-refractivity contribution < 1.29 is 4.74 Å². The van der Waals surface area contributed by atoms with E-state index in [1.165, 1.54) is 0 Å². The molecule has 0 bridgehead atoms. The highest BCUT2D eigenvalue weighted by Gasteiger charge is 1.96. The Morgan fingerprint density at radius 3 is 2.47 bits per heavy atom. The summed E-state index contributed by atoms with van der Waals surface area (Å²) in [4.78, 5) is 4.05. The molecular formula is C11H11N3O. The van der Waals surface area contributed by atoms with Crippen molar-refractivity contribution in [2.45, 2.75) is 0 Å². The second-order valence-electron chi connectivity index (χ2n) is 2.94. The average Bonchev–Trinajstić information content (AvgIpc) is 2.31. The fourth-order valence-electron chi connectivity index (χ4n) is 1.15. The highest BCUT2D eigenvalue weighted by molar-refractivity contribution is 5.45. The van der Waals surface area contributed by atoms with Crippen LogP contribution in [0.25, 0.3) is 0 Å². The lowest BCUT2D eigenvalue weighted by Crippen LogP contribution is -2.05. The van der Waals surface area contributed by atoms with Gasteiger partial charge in [-0.3, -0.25) is 5.84 Å². The molecule has 0 aliphatic heterocycles. The first-order chi connectivity index (χ1) is 7.38. The number of hydrogen-bond acceptors (Lipinski definition) is 4. The Kier molecular flexibility index (Phi) is 2.80. The van der Waals surface area contributed by atoms with Gasteiger partial charge < -0.3 is 10.2 Å². The molecule has 1 aromatic carbocycles. The minimum absolute atomic E-state index is 0.575. The lowest BCUT2D eigenvalue weighted by atomic mass is 10.3. The number of nitrogen functional groups attached to an aromatic ring is 1. The average molecular weight is 201 g/mol. The van der Waals surface area contributed by atoms with Crippen molar-refractivity contribution in [1.29, 1.82) is 0 Å². The molecule has 1 heterocycles. The summed E-state index contributed by atoms with van der Waals surface area (Å²) in [6.07, 6.45) is 1.69. The molecule has 4 nitrogen and oxygen atoms in total. The Bertz CT molecular complexity index is 414. The molecule has 76 valence electrons. The van der Waals surface area contributed by atoms with E-state index in [0.717, 1.165) is 11.4 Å². The maximum atomic E-state index is 5.50. The van der Waals surface area contributed by atoms with Gasteiger partial charge in [-0.25, -0.2) is 4.98 Å². The van der Waals surface area contributed by atoms with Crippen LogP contribution in [0.5, 0.6) is 11.6 Å². The lowest BCUT2D eigenvalue weighted by molar-refractivity contribution is 0.463. The van der Waals surface area contributed by atoms with E-state index in [1.807, 2.05) is 36.4 Å². The van der Waals surface area contributed by atoms with Gasteiger partial charge in [0.25, 0.3) is 0 Å². The molecule has 15 heavy (non-hydrogen) atoms. The molecule has 2 rings (SSSR count). The van der Waals surface area contributed by atoms with E-state index in [-0.39, 0.29) is 0 Å². The lowest BCUT2D eigenvalue weighted by Gasteiger charge is -2.04. The van der Waals surface area contributed by atoms with E-state index < -0.39 is 0 Å². The minimum atomic E-state index is 0.575. The quantitative estimate of drug-likeness (QED) is 0.590. The zero-order valence-corrected chi connectivity index (χ0v) is 8.05. The molecule has 1 aromatic heterocycles. The molecule has 0 aliphatic carbocycles. The number of anilines is 1. The van der Waals surface area contributed by atoms with Crippen LogP contribution in [-0.2, 0) is 0 Å². The Morgan fingerprint density at radius 2 is 1.87 bits per heavy atom. The summed E-state index contributed by atoms with van der Waals surface area (Å²) < 4.78 is 5.50. The van der Waals surface area contributed by atoms with Crippen LogP contribution in [0.3, 0.4) is 0 Å². The summed E-state index contributed by atoms with van der Waals surface area (Å²) in [7, 11) is 0. The molecule has 2 aromatic rings. The molecule has 4 heteroatoms. The van der Waals surface area contributed by atoms with E-state index >= 15 is 0 Å². The Balaban J connectivity index is 2.11. The van der Waals surface area contributed by atoms with Crippen LogP contribution in [0.4, 0.5) is 5.69 Å². The molecule has 0 saturated carbocycles. The van der Waals surface area contributed by atoms with Crippen molar-refractivity contribution in [3.8, 4) is 11.6 Å². The smallest absolute Gasteiger partial charge is 0.219 e. The van der Waals surface area contributed by atoms with E-state index in [2.05, 4.69) is 10.4 Å². The molecular weight excluding hydrogens is 190 g/mol. The topological polar surface area (TPSA) is 60.2 Å². The third-order valence-corrected chi connectivity index (χ3v) is 1.88. The first-order valence-electron chi connectivity index (χ1n) is 4.54. The Labute approximate surface area is 87.7 Å². The molecule has 0 fully saturated rings. The van der Waals surface area contributed by atoms with Crippen molar-refractivity contribution in [1.82, 2.24) is 4.98 Å². The third kappa shape index (κ3) is 2.45. The summed E-state index contributed by atoms with van der Waals surface area (Å²) in [5.74, 6) is 6.55. The largest absolute Gasteiger partial charge is 0.439 e. The summed E-state index contributed by atoms with van der Waals surface area (Å²) >= 11 is 0. The highest BCUT2D eigenvalue weighted by Crippen LogP contribution is 2.20. The number of aromatic nitrogens is 1. The summed E-state index contributed by atoms with van der Waals surface area (Å²) in [5, 5.41) is 0. The van der Waals surface area contributed by atoms with Crippen molar-refractivity contribution in [2.24, 2.45) is 5.84 Å². The predicted octanol–water partition coefficient (Wildman–Crippen LogP) is 2.16.